The Morgan fingerprint density at radius 1 is 1.35 bits per heavy atom. The minimum absolute atomic E-state index is 0.00243. The Hall–Kier alpha value is -2.35. The zero-order chi connectivity index (χ0) is 14.8. The number of benzene rings is 1. The maximum absolute atomic E-state index is 12.2. The number of para-hydroxylation sites is 1. The number of sulfonamides is 1. The van der Waals surface area contributed by atoms with Gasteiger partial charge in [0.15, 0.2) is 5.03 Å². The first-order valence-corrected chi connectivity index (χ1v) is 7.19. The number of aliphatic carboxylic acids is 1. The molecule has 20 heavy (non-hydrogen) atoms. The maximum atomic E-state index is 12.2. The van der Waals surface area contributed by atoms with Gasteiger partial charge in [-0.05, 0) is 17.7 Å². The lowest BCUT2D eigenvalue weighted by molar-refractivity contribution is -0.136. The number of aromatic nitrogens is 2. The number of aryl methyl sites for hydroxylation is 1. The van der Waals surface area contributed by atoms with Crippen LogP contribution in [-0.2, 0) is 28.3 Å². The van der Waals surface area contributed by atoms with E-state index >= 15 is 0 Å². The fraction of sp³-hybridized carbons (Fsp3) is 0.167. The van der Waals surface area contributed by atoms with E-state index in [1.165, 1.54) is 30.1 Å². The molecular weight excluding hydrogens is 282 g/mol. The van der Waals surface area contributed by atoms with E-state index < -0.39 is 16.0 Å². The molecule has 1 heterocycles. The van der Waals surface area contributed by atoms with Gasteiger partial charge in [0.25, 0.3) is 10.0 Å². The molecular formula is C12H13N3O4S. The van der Waals surface area contributed by atoms with E-state index in [-0.39, 0.29) is 17.1 Å². The summed E-state index contributed by atoms with van der Waals surface area (Å²) in [5, 5.41) is 12.6. The van der Waals surface area contributed by atoms with Crippen molar-refractivity contribution in [1.82, 2.24) is 9.78 Å². The number of carboxylic acid groups (broad SMARTS) is 1. The largest absolute Gasteiger partial charge is 0.481 e. The number of hydrogen-bond donors (Lipinski definition) is 2. The van der Waals surface area contributed by atoms with Crippen LogP contribution in [0.3, 0.4) is 0 Å². The Labute approximate surface area is 115 Å². The summed E-state index contributed by atoms with van der Waals surface area (Å²) in [6.07, 6.45) is 1.11. The Morgan fingerprint density at radius 2 is 2.05 bits per heavy atom. The van der Waals surface area contributed by atoms with E-state index in [0.29, 0.717) is 5.56 Å². The van der Waals surface area contributed by atoms with Crippen LogP contribution in [0.25, 0.3) is 0 Å². The zero-order valence-electron chi connectivity index (χ0n) is 10.6. The van der Waals surface area contributed by atoms with Crippen molar-refractivity contribution in [2.45, 2.75) is 11.4 Å². The van der Waals surface area contributed by atoms with Crippen LogP contribution in [-0.4, -0.2) is 29.3 Å². The van der Waals surface area contributed by atoms with Crippen molar-refractivity contribution in [2.24, 2.45) is 7.05 Å². The summed E-state index contributed by atoms with van der Waals surface area (Å²) < 4.78 is 28.0. The lowest BCUT2D eigenvalue weighted by Crippen LogP contribution is -2.18. The summed E-state index contributed by atoms with van der Waals surface area (Å²) in [4.78, 5) is 10.8. The minimum Gasteiger partial charge on any atom is -0.481 e. The molecule has 8 heteroatoms. The van der Waals surface area contributed by atoms with Crippen LogP contribution in [0.15, 0.2) is 41.6 Å². The molecule has 0 aliphatic carbocycles. The van der Waals surface area contributed by atoms with Gasteiger partial charge in [0.05, 0.1) is 18.3 Å². The summed E-state index contributed by atoms with van der Waals surface area (Å²) in [6, 6.07) is 7.73. The van der Waals surface area contributed by atoms with Crippen molar-refractivity contribution in [3.8, 4) is 0 Å². The molecule has 0 radical (unpaired) electrons. The molecule has 0 bridgehead atoms. The summed E-state index contributed by atoms with van der Waals surface area (Å²) in [7, 11) is -2.29. The molecule has 106 valence electrons. The number of anilines is 1. The van der Waals surface area contributed by atoms with Crippen LogP contribution < -0.4 is 4.72 Å². The van der Waals surface area contributed by atoms with Crippen molar-refractivity contribution in [3.63, 3.8) is 0 Å². The van der Waals surface area contributed by atoms with Gasteiger partial charge in [-0.15, -0.1) is 0 Å². The molecule has 0 saturated heterocycles. The van der Waals surface area contributed by atoms with Gasteiger partial charge in [-0.3, -0.25) is 14.2 Å². The second-order valence-electron chi connectivity index (χ2n) is 4.13. The molecule has 2 rings (SSSR count). The maximum Gasteiger partial charge on any atom is 0.307 e. The third kappa shape index (κ3) is 2.97. The van der Waals surface area contributed by atoms with Gasteiger partial charge in [0.1, 0.15) is 0 Å². The van der Waals surface area contributed by atoms with Crippen LogP contribution >= 0.6 is 0 Å². The highest BCUT2D eigenvalue weighted by atomic mass is 32.2. The average molecular weight is 295 g/mol. The third-order valence-corrected chi connectivity index (χ3v) is 4.09. The molecule has 0 fully saturated rings. The summed E-state index contributed by atoms with van der Waals surface area (Å²) in [6.45, 7) is 0. The Bertz CT molecular complexity index is 737. The van der Waals surface area contributed by atoms with Crippen molar-refractivity contribution >= 4 is 21.7 Å². The van der Waals surface area contributed by atoms with Gasteiger partial charge in [-0.1, -0.05) is 18.2 Å². The summed E-state index contributed by atoms with van der Waals surface area (Å²) in [5.41, 5.74) is 0.641. The van der Waals surface area contributed by atoms with Crippen molar-refractivity contribution in [2.75, 3.05) is 4.72 Å². The van der Waals surface area contributed by atoms with E-state index in [2.05, 4.69) is 9.82 Å². The summed E-state index contributed by atoms with van der Waals surface area (Å²) in [5.74, 6) is -1.03. The molecule has 0 saturated carbocycles. The quantitative estimate of drug-likeness (QED) is 0.851. The molecule has 1 aromatic heterocycles. The topological polar surface area (TPSA) is 101 Å². The van der Waals surface area contributed by atoms with Crippen molar-refractivity contribution < 1.29 is 18.3 Å². The number of hydrogen-bond acceptors (Lipinski definition) is 4. The average Bonchev–Trinajstić information content (AvgIpc) is 2.78. The fourth-order valence-electron chi connectivity index (χ4n) is 1.76. The normalized spacial score (nSPS) is 11.2. The monoisotopic (exact) mass is 295 g/mol. The number of nitrogens with zero attached hydrogens (tertiary/aromatic N) is 2. The van der Waals surface area contributed by atoms with Crippen LogP contribution in [0.5, 0.6) is 0 Å². The second kappa shape index (κ2) is 5.33. The molecule has 1 aromatic carbocycles. The molecule has 7 nitrogen and oxygen atoms in total. The fourth-order valence-corrected chi connectivity index (χ4v) is 2.99. The molecule has 2 N–H and O–H groups in total. The third-order valence-electron chi connectivity index (χ3n) is 2.65. The van der Waals surface area contributed by atoms with Gasteiger partial charge in [-0.25, -0.2) is 0 Å². The van der Waals surface area contributed by atoms with Crippen LogP contribution in [0.4, 0.5) is 5.69 Å². The predicted molar refractivity (Wildman–Crippen MR) is 71.8 cm³/mol. The van der Waals surface area contributed by atoms with E-state index in [1.54, 1.807) is 18.2 Å². The highest BCUT2D eigenvalue weighted by Gasteiger charge is 2.19. The summed E-state index contributed by atoms with van der Waals surface area (Å²) >= 11 is 0. The number of nitrogens with one attached hydrogen (secondary N) is 1. The first-order valence-electron chi connectivity index (χ1n) is 5.70. The molecule has 0 spiro atoms. The Morgan fingerprint density at radius 3 is 2.65 bits per heavy atom. The van der Waals surface area contributed by atoms with Crippen LogP contribution in [0.1, 0.15) is 5.56 Å². The molecule has 0 aliphatic heterocycles. The van der Waals surface area contributed by atoms with E-state index in [4.69, 9.17) is 5.11 Å². The highest BCUT2D eigenvalue weighted by molar-refractivity contribution is 7.92. The van der Waals surface area contributed by atoms with Crippen molar-refractivity contribution in [1.29, 1.82) is 0 Å². The Kier molecular flexibility index (Phi) is 3.75. The first-order chi connectivity index (χ1) is 9.40. The van der Waals surface area contributed by atoms with Gasteiger partial charge in [0.2, 0.25) is 0 Å². The van der Waals surface area contributed by atoms with Crippen LogP contribution in [0, 0.1) is 0 Å². The molecule has 2 aromatic rings. The second-order valence-corrected chi connectivity index (χ2v) is 5.76. The van der Waals surface area contributed by atoms with Crippen LogP contribution in [0.2, 0.25) is 0 Å². The smallest absolute Gasteiger partial charge is 0.307 e. The number of carbonyl (C=O) groups is 1. The zero-order valence-corrected chi connectivity index (χ0v) is 11.5. The predicted octanol–water partition coefficient (Wildman–Crippen LogP) is 0.848. The molecule has 0 unspecified atom stereocenters. The van der Waals surface area contributed by atoms with E-state index in [9.17, 15) is 13.2 Å². The number of carboxylic acids is 1. The van der Waals surface area contributed by atoms with E-state index in [0.717, 1.165) is 0 Å². The molecule has 0 aliphatic rings. The lowest BCUT2D eigenvalue weighted by Gasteiger charge is -2.11. The lowest BCUT2D eigenvalue weighted by atomic mass is 10.1. The first kappa shape index (κ1) is 14.1. The van der Waals surface area contributed by atoms with E-state index in [1.807, 2.05) is 0 Å². The van der Waals surface area contributed by atoms with Gasteiger partial charge >= 0.3 is 5.97 Å². The molecule has 0 atom stereocenters. The molecule has 0 amide bonds. The highest BCUT2D eigenvalue weighted by Crippen LogP contribution is 2.20. The Balaban J connectivity index is 2.35. The SMILES string of the molecule is Cn1nccc1S(=O)(=O)Nc1ccccc1CC(=O)O. The van der Waals surface area contributed by atoms with Gasteiger partial charge in [-0.2, -0.15) is 13.5 Å². The van der Waals surface area contributed by atoms with Gasteiger partial charge < -0.3 is 5.11 Å². The van der Waals surface area contributed by atoms with Crippen molar-refractivity contribution in [3.05, 3.63) is 42.1 Å². The number of rotatable bonds is 5. The standard InChI is InChI=1S/C12H13N3O4S/c1-15-11(6-7-13-15)20(18,19)14-10-5-3-2-4-9(10)8-12(16)17/h2-7,14H,8H2,1H3,(H,16,17). The minimum atomic E-state index is -3.80. The van der Waals surface area contributed by atoms with Gasteiger partial charge in [0, 0.05) is 7.05 Å².